The zero-order valence-corrected chi connectivity index (χ0v) is 13.3. The fourth-order valence-electron chi connectivity index (χ4n) is 1.33. The molecule has 8 heteroatoms. The van der Waals surface area contributed by atoms with Gasteiger partial charge in [-0.1, -0.05) is 39.3 Å². The molecule has 0 aromatic heterocycles. The van der Waals surface area contributed by atoms with Gasteiger partial charge in [0.25, 0.3) is 5.09 Å². The molecule has 0 radical (unpaired) electrons. The zero-order valence-electron chi connectivity index (χ0n) is 11.6. The molecule has 21 heavy (non-hydrogen) atoms. The van der Waals surface area contributed by atoms with Gasteiger partial charge in [-0.05, 0) is 25.5 Å². The van der Waals surface area contributed by atoms with Gasteiger partial charge in [-0.25, -0.2) is 0 Å². The molecule has 0 unspecified atom stereocenters. The predicted molar refractivity (Wildman–Crippen MR) is 83.9 cm³/mol. The fraction of sp³-hybridized carbons (Fsp3) is 0.462. The Bertz CT molecular complexity index is 452. The Labute approximate surface area is 131 Å². The van der Waals surface area contributed by atoms with Crippen LogP contribution in [0.15, 0.2) is 24.3 Å². The molecule has 0 bridgehead atoms. The Balaban J connectivity index is 2.01. The van der Waals surface area contributed by atoms with Crippen molar-refractivity contribution in [2.24, 2.45) is 0 Å². The van der Waals surface area contributed by atoms with E-state index in [-0.39, 0.29) is 12.6 Å². The molecular formula is C13H17NO5S2. The van der Waals surface area contributed by atoms with Crippen LogP contribution in [0.4, 0.5) is 0 Å². The first kappa shape index (κ1) is 17.6. The molecule has 116 valence electrons. The van der Waals surface area contributed by atoms with Crippen molar-refractivity contribution in [2.75, 3.05) is 18.1 Å². The van der Waals surface area contributed by atoms with E-state index in [1.54, 1.807) is 22.9 Å². The van der Waals surface area contributed by atoms with Gasteiger partial charge in [0.2, 0.25) is 0 Å². The van der Waals surface area contributed by atoms with Gasteiger partial charge in [0.15, 0.2) is 0 Å². The standard InChI is InChI=1S/C13H17NO5S2/c1-11-4-6-12(7-5-11)19-13(15)3-2-9-20-21-10-8-18-14(16)17/h4-7H,2-3,8-10H2,1H3. The third-order valence-corrected chi connectivity index (χ3v) is 4.76. The van der Waals surface area contributed by atoms with Crippen LogP contribution in [0.2, 0.25) is 0 Å². The van der Waals surface area contributed by atoms with Crippen LogP contribution in [-0.4, -0.2) is 29.2 Å². The molecule has 0 aliphatic rings. The summed E-state index contributed by atoms with van der Waals surface area (Å²) in [5.41, 5.74) is 1.12. The number of carbonyl (C=O) groups is 1. The molecule has 0 saturated carbocycles. The average Bonchev–Trinajstić information content (AvgIpc) is 2.44. The van der Waals surface area contributed by atoms with E-state index >= 15 is 0 Å². The normalized spacial score (nSPS) is 10.1. The third-order valence-electron chi connectivity index (χ3n) is 2.31. The highest BCUT2D eigenvalue weighted by Gasteiger charge is 2.04. The van der Waals surface area contributed by atoms with Gasteiger partial charge in [0, 0.05) is 17.9 Å². The second kappa shape index (κ2) is 10.3. The highest BCUT2D eigenvalue weighted by atomic mass is 33.1. The summed E-state index contributed by atoms with van der Waals surface area (Å²) in [5, 5.41) is 9.09. The summed E-state index contributed by atoms with van der Waals surface area (Å²) < 4.78 is 5.19. The topological polar surface area (TPSA) is 78.7 Å². The maximum Gasteiger partial charge on any atom is 0.311 e. The lowest BCUT2D eigenvalue weighted by atomic mass is 10.2. The second-order valence-electron chi connectivity index (χ2n) is 4.09. The molecule has 6 nitrogen and oxygen atoms in total. The second-order valence-corrected chi connectivity index (χ2v) is 6.79. The van der Waals surface area contributed by atoms with Crippen LogP contribution < -0.4 is 4.74 Å². The number of rotatable bonds is 10. The lowest BCUT2D eigenvalue weighted by molar-refractivity contribution is -0.756. The first-order valence-electron chi connectivity index (χ1n) is 6.37. The summed E-state index contributed by atoms with van der Waals surface area (Å²) in [7, 11) is 3.05. The highest BCUT2D eigenvalue weighted by molar-refractivity contribution is 8.76. The molecule has 0 N–H and O–H groups in total. The molecule has 0 amide bonds. The first-order chi connectivity index (χ1) is 10.1. The molecular weight excluding hydrogens is 314 g/mol. The molecule has 0 saturated heterocycles. The molecule has 1 aromatic carbocycles. The summed E-state index contributed by atoms with van der Waals surface area (Å²) in [6.45, 7) is 2.05. The Morgan fingerprint density at radius 1 is 1.24 bits per heavy atom. The number of hydrogen-bond donors (Lipinski definition) is 0. The van der Waals surface area contributed by atoms with E-state index in [1.165, 1.54) is 10.8 Å². The van der Waals surface area contributed by atoms with Crippen molar-refractivity contribution in [2.45, 2.75) is 19.8 Å². The SMILES string of the molecule is Cc1ccc(OC(=O)CCCSSCCO[N+](=O)[O-])cc1. The summed E-state index contributed by atoms with van der Waals surface area (Å²) in [6, 6.07) is 7.32. The number of benzene rings is 1. The Kier molecular flexibility index (Phi) is 8.68. The minimum Gasteiger partial charge on any atom is -0.427 e. The monoisotopic (exact) mass is 331 g/mol. The van der Waals surface area contributed by atoms with E-state index < -0.39 is 5.09 Å². The van der Waals surface area contributed by atoms with Gasteiger partial charge in [-0.3, -0.25) is 4.79 Å². The van der Waals surface area contributed by atoms with Crippen LogP contribution in [0.3, 0.4) is 0 Å². The number of hydrogen-bond acceptors (Lipinski definition) is 7. The Morgan fingerprint density at radius 2 is 1.90 bits per heavy atom. The number of aryl methyl sites for hydroxylation is 1. The summed E-state index contributed by atoms with van der Waals surface area (Å²) in [6.07, 6.45) is 1.06. The Hall–Kier alpha value is -1.41. The predicted octanol–water partition coefficient (Wildman–Crippen LogP) is 3.27. The molecule has 0 aliphatic heterocycles. The Morgan fingerprint density at radius 3 is 2.57 bits per heavy atom. The maximum absolute atomic E-state index is 11.6. The smallest absolute Gasteiger partial charge is 0.311 e. The van der Waals surface area contributed by atoms with E-state index in [2.05, 4.69) is 4.84 Å². The van der Waals surface area contributed by atoms with Crippen molar-refractivity contribution in [3.8, 4) is 5.75 Å². The lowest BCUT2D eigenvalue weighted by Crippen LogP contribution is -2.07. The first-order valence-corrected chi connectivity index (χ1v) is 8.86. The molecule has 1 rings (SSSR count). The van der Waals surface area contributed by atoms with Gasteiger partial charge in [-0.2, -0.15) is 0 Å². The van der Waals surface area contributed by atoms with Crippen molar-refractivity contribution >= 4 is 27.6 Å². The van der Waals surface area contributed by atoms with Crippen LogP contribution >= 0.6 is 21.6 Å². The van der Waals surface area contributed by atoms with Gasteiger partial charge < -0.3 is 9.57 Å². The molecule has 0 atom stereocenters. The highest BCUT2D eigenvalue weighted by Crippen LogP contribution is 2.22. The quantitative estimate of drug-likeness (QED) is 0.163. The molecule has 0 spiro atoms. The van der Waals surface area contributed by atoms with Crippen molar-refractivity contribution in [1.29, 1.82) is 0 Å². The molecule has 0 aliphatic carbocycles. The van der Waals surface area contributed by atoms with E-state index in [4.69, 9.17) is 4.74 Å². The average molecular weight is 331 g/mol. The van der Waals surface area contributed by atoms with Crippen molar-refractivity contribution in [3.05, 3.63) is 39.9 Å². The van der Waals surface area contributed by atoms with Crippen molar-refractivity contribution in [3.63, 3.8) is 0 Å². The van der Waals surface area contributed by atoms with Crippen molar-refractivity contribution < 1.29 is 19.5 Å². The molecule has 1 aromatic rings. The van der Waals surface area contributed by atoms with Crippen LogP contribution in [-0.2, 0) is 9.63 Å². The zero-order chi connectivity index (χ0) is 15.5. The third kappa shape index (κ3) is 9.19. The minimum absolute atomic E-state index is 0.0835. The van der Waals surface area contributed by atoms with Gasteiger partial charge in [-0.15, -0.1) is 10.1 Å². The van der Waals surface area contributed by atoms with Crippen LogP contribution in [0.25, 0.3) is 0 Å². The number of esters is 1. The van der Waals surface area contributed by atoms with Crippen molar-refractivity contribution in [1.82, 2.24) is 0 Å². The van der Waals surface area contributed by atoms with E-state index in [0.717, 1.165) is 11.3 Å². The van der Waals surface area contributed by atoms with E-state index in [9.17, 15) is 14.9 Å². The summed E-state index contributed by atoms with van der Waals surface area (Å²) >= 11 is 0. The summed E-state index contributed by atoms with van der Waals surface area (Å²) in [5.74, 6) is 1.64. The van der Waals surface area contributed by atoms with Gasteiger partial charge >= 0.3 is 5.97 Å². The number of ether oxygens (including phenoxy) is 1. The van der Waals surface area contributed by atoms with E-state index in [1.807, 2.05) is 19.1 Å². The van der Waals surface area contributed by atoms with Gasteiger partial charge in [0.1, 0.15) is 12.4 Å². The largest absolute Gasteiger partial charge is 0.427 e. The lowest BCUT2D eigenvalue weighted by Gasteiger charge is -2.04. The minimum atomic E-state index is -0.799. The fourth-order valence-corrected chi connectivity index (χ4v) is 3.23. The summed E-state index contributed by atoms with van der Waals surface area (Å²) in [4.78, 5) is 25.6. The number of nitrogens with zero attached hydrogens (tertiary/aromatic N) is 1. The van der Waals surface area contributed by atoms with Gasteiger partial charge in [0.05, 0.1) is 0 Å². The maximum atomic E-state index is 11.6. The molecule has 0 fully saturated rings. The number of carbonyl (C=O) groups excluding carboxylic acids is 1. The van der Waals surface area contributed by atoms with Crippen LogP contribution in [0.1, 0.15) is 18.4 Å². The van der Waals surface area contributed by atoms with Crippen LogP contribution in [0.5, 0.6) is 5.75 Å². The van der Waals surface area contributed by atoms with E-state index in [0.29, 0.717) is 24.3 Å². The molecule has 0 heterocycles. The van der Waals surface area contributed by atoms with Crippen LogP contribution in [0, 0.1) is 17.0 Å².